The fourth-order valence-electron chi connectivity index (χ4n) is 4.40. The summed E-state index contributed by atoms with van der Waals surface area (Å²) in [5.41, 5.74) is 1.94. The second-order valence-corrected chi connectivity index (χ2v) is 11.7. The minimum Gasteiger partial charge on any atom is -0.468 e. The van der Waals surface area contributed by atoms with Gasteiger partial charge in [0.15, 0.2) is 28.0 Å². The van der Waals surface area contributed by atoms with Crippen LogP contribution in [0.5, 0.6) is 5.88 Å². The van der Waals surface area contributed by atoms with Crippen LogP contribution in [-0.4, -0.2) is 42.6 Å². The first-order valence-corrected chi connectivity index (χ1v) is 14.8. The van der Waals surface area contributed by atoms with Crippen LogP contribution in [0.4, 0.5) is 13.2 Å². The number of halogens is 3. The molecule has 43 heavy (non-hydrogen) atoms. The summed E-state index contributed by atoms with van der Waals surface area (Å²) in [7, 11) is -3.51. The summed E-state index contributed by atoms with van der Waals surface area (Å²) in [4.78, 5) is 26.1. The Labute approximate surface area is 245 Å². The van der Waals surface area contributed by atoms with Crippen LogP contribution >= 0.6 is 0 Å². The van der Waals surface area contributed by atoms with Crippen molar-refractivity contribution in [2.45, 2.75) is 11.4 Å². The maximum absolute atomic E-state index is 13.9. The Morgan fingerprint density at radius 1 is 0.698 bits per heavy atom. The number of ether oxygens (including phenoxy) is 1. The van der Waals surface area contributed by atoms with Crippen LogP contribution in [-0.2, 0) is 16.4 Å². The van der Waals surface area contributed by atoms with E-state index in [0.717, 1.165) is 30.5 Å². The van der Waals surface area contributed by atoms with Crippen LogP contribution in [0.25, 0.3) is 22.4 Å². The van der Waals surface area contributed by atoms with Gasteiger partial charge in [0.2, 0.25) is 5.88 Å². The fourth-order valence-corrected chi connectivity index (χ4v) is 5.03. The molecule has 0 amide bonds. The van der Waals surface area contributed by atoms with E-state index in [1.54, 1.807) is 0 Å². The molecule has 11 heteroatoms. The van der Waals surface area contributed by atoms with E-state index in [1.807, 2.05) is 0 Å². The molecule has 0 radical (unpaired) electrons. The molecule has 0 N–H and O–H groups in total. The van der Waals surface area contributed by atoms with Crippen LogP contribution in [0.3, 0.4) is 0 Å². The molecule has 5 aromatic rings. The molecule has 0 spiro atoms. The molecule has 0 fully saturated rings. The number of aromatic nitrogens is 2. The number of carbonyl (C=O) groups is 2. The van der Waals surface area contributed by atoms with Gasteiger partial charge in [-0.2, -0.15) is 0 Å². The Hall–Kier alpha value is -5.03. The van der Waals surface area contributed by atoms with Gasteiger partial charge in [0.05, 0.1) is 16.2 Å². The van der Waals surface area contributed by atoms with Crippen LogP contribution in [0.2, 0.25) is 0 Å². The Morgan fingerprint density at radius 3 is 1.67 bits per heavy atom. The molecule has 0 unspecified atom stereocenters. The number of benzene rings is 4. The Kier molecular flexibility index (Phi) is 8.27. The first-order chi connectivity index (χ1) is 20.5. The fraction of sp³-hybridized carbons (Fsp3) is 0.0938. The van der Waals surface area contributed by atoms with Gasteiger partial charge in [0.25, 0.3) is 0 Å². The summed E-state index contributed by atoms with van der Waals surface area (Å²) >= 11 is 0. The second-order valence-electron chi connectivity index (χ2n) is 9.64. The van der Waals surface area contributed by atoms with E-state index >= 15 is 0 Å². The first-order valence-electron chi connectivity index (χ1n) is 12.9. The number of ketones is 2. The van der Waals surface area contributed by atoms with E-state index < -0.39 is 45.5 Å². The van der Waals surface area contributed by atoms with E-state index in [9.17, 15) is 31.2 Å². The number of Topliss-reactive ketones (excluding diaryl/α,β-unsaturated/α-hetero) is 2. The number of hydrogen-bond acceptors (Lipinski definition) is 6. The van der Waals surface area contributed by atoms with Crippen LogP contribution in [0.15, 0.2) is 102 Å². The molecule has 0 saturated heterocycles. The van der Waals surface area contributed by atoms with Crippen LogP contribution in [0, 0.1) is 17.5 Å². The van der Waals surface area contributed by atoms with E-state index in [1.165, 1.54) is 77.5 Å². The summed E-state index contributed by atoms with van der Waals surface area (Å²) in [5, 5.41) is 4.49. The SMILES string of the molecule is CS(=O)(=O)c1ccc(-c2c(-c3ccc(F)cc3)c(OCC(=O)c3ccc(F)cc3)nn2CC(=O)c2ccc(F)cc2)cc1. The monoisotopic (exact) mass is 604 g/mol. The topological polar surface area (TPSA) is 95.3 Å². The van der Waals surface area contributed by atoms with Crippen molar-refractivity contribution in [1.82, 2.24) is 9.78 Å². The van der Waals surface area contributed by atoms with Crippen molar-refractivity contribution >= 4 is 21.4 Å². The van der Waals surface area contributed by atoms with Crippen molar-refractivity contribution < 1.29 is 35.9 Å². The van der Waals surface area contributed by atoms with Crippen molar-refractivity contribution in [3.63, 3.8) is 0 Å². The molecule has 7 nitrogen and oxygen atoms in total. The minimum absolute atomic E-state index is 0.0591. The molecule has 1 heterocycles. The Balaban J connectivity index is 1.63. The van der Waals surface area contributed by atoms with E-state index in [0.29, 0.717) is 22.4 Å². The third kappa shape index (κ3) is 6.73. The number of sulfone groups is 1. The zero-order valence-electron chi connectivity index (χ0n) is 22.6. The highest BCUT2D eigenvalue weighted by molar-refractivity contribution is 7.90. The third-order valence-corrected chi connectivity index (χ3v) is 7.70. The van der Waals surface area contributed by atoms with E-state index in [-0.39, 0.29) is 28.4 Å². The van der Waals surface area contributed by atoms with Crippen molar-refractivity contribution in [1.29, 1.82) is 0 Å². The lowest BCUT2D eigenvalue weighted by Crippen LogP contribution is -2.14. The first kappa shape index (κ1) is 29.5. The summed E-state index contributed by atoms with van der Waals surface area (Å²) in [6.07, 6.45) is 1.07. The molecule has 0 saturated carbocycles. The van der Waals surface area contributed by atoms with Gasteiger partial charge in [-0.25, -0.2) is 21.6 Å². The Morgan fingerprint density at radius 2 is 1.16 bits per heavy atom. The zero-order chi connectivity index (χ0) is 30.7. The van der Waals surface area contributed by atoms with E-state index in [4.69, 9.17) is 4.74 Å². The summed E-state index contributed by atoms with van der Waals surface area (Å²) in [5.74, 6) is -2.47. The van der Waals surface area contributed by atoms with Crippen molar-refractivity contribution in [2.75, 3.05) is 12.9 Å². The van der Waals surface area contributed by atoms with Crippen LogP contribution < -0.4 is 4.74 Å². The van der Waals surface area contributed by atoms with Gasteiger partial charge in [-0.1, -0.05) is 24.3 Å². The Bertz CT molecular complexity index is 1900. The number of hydrogen-bond donors (Lipinski definition) is 0. The molecule has 0 aliphatic carbocycles. The maximum Gasteiger partial charge on any atom is 0.241 e. The normalized spacial score (nSPS) is 11.3. The predicted octanol–water partition coefficient (Wildman–Crippen LogP) is 6.18. The lowest BCUT2D eigenvalue weighted by molar-refractivity contribution is 0.0913. The maximum atomic E-state index is 13.9. The van der Waals surface area contributed by atoms with Gasteiger partial charge in [0.1, 0.15) is 24.0 Å². The largest absolute Gasteiger partial charge is 0.468 e. The number of nitrogens with zero attached hydrogens (tertiary/aromatic N) is 2. The average molecular weight is 605 g/mol. The van der Waals surface area contributed by atoms with Gasteiger partial charge >= 0.3 is 0 Å². The lowest BCUT2D eigenvalue weighted by Gasteiger charge is -2.11. The standard InChI is InChI=1S/C32H23F3N2O5S/c1-43(40,41)27-16-8-23(9-17-27)31-30(22-6-14-26(35)15-7-22)32(42-19-29(39)21-4-12-25(34)13-5-21)36-37(31)18-28(38)20-2-10-24(33)11-3-20/h2-17H,18-19H2,1H3. The smallest absolute Gasteiger partial charge is 0.241 e. The minimum atomic E-state index is -3.51. The average Bonchev–Trinajstić information content (AvgIpc) is 3.34. The van der Waals surface area contributed by atoms with Crippen LogP contribution in [0.1, 0.15) is 20.7 Å². The van der Waals surface area contributed by atoms with Crippen molar-refractivity contribution in [2.24, 2.45) is 0 Å². The highest BCUT2D eigenvalue weighted by Gasteiger charge is 2.25. The molecule has 5 rings (SSSR count). The molecular weight excluding hydrogens is 581 g/mol. The van der Waals surface area contributed by atoms with Gasteiger partial charge in [-0.3, -0.25) is 14.3 Å². The highest BCUT2D eigenvalue weighted by atomic mass is 32.2. The summed E-state index contributed by atoms with van der Waals surface area (Å²) in [6.45, 7) is -0.826. The molecule has 0 aliphatic heterocycles. The lowest BCUT2D eigenvalue weighted by atomic mass is 10.0. The number of rotatable bonds is 10. The van der Waals surface area contributed by atoms with Crippen molar-refractivity contribution in [3.8, 4) is 28.3 Å². The molecule has 0 bridgehead atoms. The summed E-state index contributed by atoms with van der Waals surface area (Å²) < 4.78 is 72.1. The van der Waals surface area contributed by atoms with Gasteiger partial charge in [-0.15, -0.1) is 5.10 Å². The summed E-state index contributed by atoms with van der Waals surface area (Å²) in [6, 6.07) is 21.2. The molecule has 0 aliphatic rings. The second kappa shape index (κ2) is 12.1. The predicted molar refractivity (Wildman–Crippen MR) is 153 cm³/mol. The van der Waals surface area contributed by atoms with Crippen molar-refractivity contribution in [3.05, 3.63) is 126 Å². The van der Waals surface area contributed by atoms with Gasteiger partial charge < -0.3 is 4.74 Å². The zero-order valence-corrected chi connectivity index (χ0v) is 23.4. The molecule has 0 atom stereocenters. The molecule has 4 aromatic carbocycles. The van der Waals surface area contributed by atoms with Gasteiger partial charge in [0, 0.05) is 22.9 Å². The quantitative estimate of drug-likeness (QED) is 0.177. The van der Waals surface area contributed by atoms with Gasteiger partial charge in [-0.05, 0) is 78.4 Å². The van der Waals surface area contributed by atoms with E-state index in [2.05, 4.69) is 5.10 Å². The molecule has 218 valence electrons. The number of carbonyl (C=O) groups excluding carboxylic acids is 2. The molecular formula is C32H23F3N2O5S. The molecule has 1 aromatic heterocycles. The highest BCUT2D eigenvalue weighted by Crippen LogP contribution is 2.40. The third-order valence-electron chi connectivity index (χ3n) is 6.57.